The van der Waals surface area contributed by atoms with E-state index in [4.69, 9.17) is 16.0 Å². The molecule has 9 heteroatoms. The second kappa shape index (κ2) is 8.73. The molecule has 0 unspecified atom stereocenters. The fourth-order valence-electron chi connectivity index (χ4n) is 2.95. The van der Waals surface area contributed by atoms with Crippen LogP contribution in [0.3, 0.4) is 0 Å². The Morgan fingerprint density at radius 2 is 1.93 bits per heavy atom. The van der Waals surface area contributed by atoms with Gasteiger partial charge in [0, 0.05) is 17.5 Å². The van der Waals surface area contributed by atoms with Gasteiger partial charge in [-0.1, -0.05) is 64.9 Å². The molecule has 2 heterocycles. The Labute approximate surface area is 182 Å². The van der Waals surface area contributed by atoms with Crippen LogP contribution in [0.2, 0.25) is 5.02 Å². The first-order chi connectivity index (χ1) is 14.5. The van der Waals surface area contributed by atoms with Crippen molar-refractivity contribution in [3.63, 3.8) is 0 Å². The summed E-state index contributed by atoms with van der Waals surface area (Å²) in [5, 5.41) is 11.4. The van der Waals surface area contributed by atoms with Gasteiger partial charge in [0.05, 0.1) is 23.3 Å². The van der Waals surface area contributed by atoms with E-state index in [0.717, 1.165) is 22.5 Å². The number of amides is 1. The Morgan fingerprint density at radius 3 is 2.67 bits per heavy atom. The SMILES string of the molecule is Cc1nnc(NC(=O)CSc2ncc(-c3ccccc3)n2-c2cccc(Cl)c2C)o1. The van der Waals surface area contributed by atoms with Gasteiger partial charge in [-0.25, -0.2) is 4.98 Å². The van der Waals surface area contributed by atoms with E-state index in [0.29, 0.717) is 16.1 Å². The van der Waals surface area contributed by atoms with Crippen LogP contribution in [0.15, 0.2) is 64.3 Å². The number of benzene rings is 2. The number of imidazole rings is 1. The molecule has 2 aromatic carbocycles. The van der Waals surface area contributed by atoms with Crippen molar-refractivity contribution < 1.29 is 9.21 Å². The van der Waals surface area contributed by atoms with Crippen LogP contribution in [0.25, 0.3) is 16.9 Å². The van der Waals surface area contributed by atoms with Crippen molar-refractivity contribution in [3.8, 4) is 16.9 Å². The Balaban J connectivity index is 1.65. The van der Waals surface area contributed by atoms with Gasteiger partial charge in [-0.05, 0) is 24.6 Å². The first-order valence-electron chi connectivity index (χ1n) is 9.14. The van der Waals surface area contributed by atoms with Crippen molar-refractivity contribution in [2.75, 3.05) is 11.1 Å². The first kappa shape index (κ1) is 20.2. The monoisotopic (exact) mass is 439 g/mol. The second-order valence-electron chi connectivity index (χ2n) is 6.47. The van der Waals surface area contributed by atoms with Gasteiger partial charge in [0.15, 0.2) is 5.16 Å². The highest BCUT2D eigenvalue weighted by Crippen LogP contribution is 2.33. The lowest BCUT2D eigenvalue weighted by Gasteiger charge is -2.15. The summed E-state index contributed by atoms with van der Waals surface area (Å²) in [5.41, 5.74) is 3.77. The van der Waals surface area contributed by atoms with E-state index >= 15 is 0 Å². The van der Waals surface area contributed by atoms with Crippen LogP contribution in [-0.2, 0) is 4.79 Å². The number of halogens is 1. The number of thioether (sulfide) groups is 1. The van der Waals surface area contributed by atoms with E-state index in [9.17, 15) is 4.79 Å². The van der Waals surface area contributed by atoms with Crippen molar-refractivity contribution >= 4 is 35.3 Å². The standard InChI is InChI=1S/C21H18ClN5O2S/c1-13-16(22)9-6-10-17(13)27-18(15-7-4-3-5-8-15)11-23-21(27)30-12-19(28)24-20-26-25-14(2)29-20/h3-11H,12H2,1-2H3,(H,24,26,28). The summed E-state index contributed by atoms with van der Waals surface area (Å²) < 4.78 is 7.21. The van der Waals surface area contributed by atoms with Crippen LogP contribution in [0.1, 0.15) is 11.5 Å². The lowest BCUT2D eigenvalue weighted by molar-refractivity contribution is -0.113. The second-order valence-corrected chi connectivity index (χ2v) is 7.82. The fraction of sp³-hybridized carbons (Fsp3) is 0.143. The number of aryl methyl sites for hydroxylation is 1. The number of anilines is 1. The zero-order valence-corrected chi connectivity index (χ0v) is 17.9. The number of nitrogens with zero attached hydrogens (tertiary/aromatic N) is 4. The van der Waals surface area contributed by atoms with Crippen LogP contribution in [0, 0.1) is 13.8 Å². The maximum absolute atomic E-state index is 12.3. The van der Waals surface area contributed by atoms with Gasteiger partial charge in [-0.2, -0.15) is 0 Å². The first-order valence-corrected chi connectivity index (χ1v) is 10.5. The van der Waals surface area contributed by atoms with Crippen LogP contribution in [0.4, 0.5) is 6.01 Å². The normalized spacial score (nSPS) is 10.9. The number of nitrogens with one attached hydrogen (secondary N) is 1. The summed E-state index contributed by atoms with van der Waals surface area (Å²) in [4.78, 5) is 16.9. The Bertz CT molecular complexity index is 1190. The molecule has 0 fully saturated rings. The third-order valence-electron chi connectivity index (χ3n) is 4.38. The van der Waals surface area contributed by atoms with Crippen molar-refractivity contribution in [3.05, 3.63) is 71.2 Å². The molecule has 0 bridgehead atoms. The summed E-state index contributed by atoms with van der Waals surface area (Å²) in [6.07, 6.45) is 1.80. The van der Waals surface area contributed by atoms with Crippen LogP contribution in [0.5, 0.6) is 0 Å². The van der Waals surface area contributed by atoms with Crippen LogP contribution in [-0.4, -0.2) is 31.4 Å². The van der Waals surface area contributed by atoms with Gasteiger partial charge in [0.2, 0.25) is 11.8 Å². The van der Waals surface area contributed by atoms with Crippen molar-refractivity contribution in [1.82, 2.24) is 19.7 Å². The highest BCUT2D eigenvalue weighted by atomic mass is 35.5. The maximum atomic E-state index is 12.3. The number of hydrogen-bond donors (Lipinski definition) is 1. The summed E-state index contributed by atoms with van der Waals surface area (Å²) in [5.74, 6) is 0.256. The molecule has 30 heavy (non-hydrogen) atoms. The zero-order valence-electron chi connectivity index (χ0n) is 16.3. The van der Waals surface area contributed by atoms with Gasteiger partial charge in [-0.15, -0.1) is 5.10 Å². The Morgan fingerprint density at radius 1 is 1.13 bits per heavy atom. The predicted octanol–water partition coefficient (Wildman–Crippen LogP) is 4.92. The maximum Gasteiger partial charge on any atom is 0.322 e. The van der Waals surface area contributed by atoms with Gasteiger partial charge in [0.25, 0.3) is 0 Å². The van der Waals surface area contributed by atoms with Gasteiger partial charge in [-0.3, -0.25) is 14.7 Å². The van der Waals surface area contributed by atoms with Crippen molar-refractivity contribution in [2.45, 2.75) is 19.0 Å². The molecule has 0 aliphatic heterocycles. The lowest BCUT2D eigenvalue weighted by atomic mass is 10.1. The molecule has 0 spiro atoms. The molecule has 0 atom stereocenters. The fourth-order valence-corrected chi connectivity index (χ4v) is 3.91. The molecular formula is C21H18ClN5O2S. The molecule has 1 amide bonds. The molecule has 4 rings (SSSR count). The number of rotatable bonds is 6. The number of aromatic nitrogens is 4. The molecule has 7 nitrogen and oxygen atoms in total. The molecule has 2 aromatic heterocycles. The average Bonchev–Trinajstić information content (AvgIpc) is 3.35. The van der Waals surface area contributed by atoms with Crippen LogP contribution >= 0.6 is 23.4 Å². The highest BCUT2D eigenvalue weighted by molar-refractivity contribution is 7.99. The minimum atomic E-state index is -0.262. The highest BCUT2D eigenvalue weighted by Gasteiger charge is 2.18. The number of hydrogen-bond acceptors (Lipinski definition) is 6. The molecule has 0 saturated heterocycles. The molecule has 0 radical (unpaired) electrons. The Kier molecular flexibility index (Phi) is 5.87. The summed E-state index contributed by atoms with van der Waals surface area (Å²) in [6.45, 7) is 3.62. The molecular weight excluding hydrogens is 422 g/mol. The molecule has 0 aliphatic rings. The lowest BCUT2D eigenvalue weighted by Crippen LogP contribution is -2.15. The van der Waals surface area contributed by atoms with Gasteiger partial charge in [0.1, 0.15) is 0 Å². The van der Waals surface area contributed by atoms with E-state index in [1.54, 1.807) is 13.1 Å². The minimum absolute atomic E-state index is 0.0807. The number of carbonyl (C=O) groups is 1. The minimum Gasteiger partial charge on any atom is -0.408 e. The van der Waals surface area contributed by atoms with Crippen molar-refractivity contribution in [1.29, 1.82) is 0 Å². The topological polar surface area (TPSA) is 85.8 Å². The molecule has 0 saturated carbocycles. The van der Waals surface area contributed by atoms with Gasteiger partial charge < -0.3 is 4.42 Å². The quantitative estimate of drug-likeness (QED) is 0.429. The average molecular weight is 440 g/mol. The van der Waals surface area contributed by atoms with Gasteiger partial charge >= 0.3 is 6.01 Å². The van der Waals surface area contributed by atoms with Crippen LogP contribution < -0.4 is 5.32 Å². The predicted molar refractivity (Wildman–Crippen MR) is 117 cm³/mol. The molecule has 4 aromatic rings. The molecule has 1 N–H and O–H groups in total. The summed E-state index contributed by atoms with van der Waals surface area (Å²) >= 11 is 7.69. The molecule has 152 valence electrons. The third-order valence-corrected chi connectivity index (χ3v) is 5.75. The van der Waals surface area contributed by atoms with E-state index in [1.165, 1.54) is 11.8 Å². The third kappa shape index (κ3) is 4.24. The largest absolute Gasteiger partial charge is 0.408 e. The van der Waals surface area contributed by atoms with E-state index < -0.39 is 0 Å². The summed E-state index contributed by atoms with van der Waals surface area (Å²) in [7, 11) is 0. The van der Waals surface area contributed by atoms with E-state index in [-0.39, 0.29) is 17.7 Å². The van der Waals surface area contributed by atoms with E-state index in [2.05, 4.69) is 20.5 Å². The summed E-state index contributed by atoms with van der Waals surface area (Å²) in [6, 6.07) is 15.8. The zero-order chi connectivity index (χ0) is 21.1. The Hall–Kier alpha value is -3.10. The van der Waals surface area contributed by atoms with Crippen molar-refractivity contribution in [2.24, 2.45) is 0 Å². The van der Waals surface area contributed by atoms with E-state index in [1.807, 2.05) is 60.0 Å². The smallest absolute Gasteiger partial charge is 0.322 e. The number of carbonyl (C=O) groups excluding carboxylic acids is 1. The molecule has 0 aliphatic carbocycles.